The smallest absolute Gasteiger partial charge is 0.231 e. The lowest BCUT2D eigenvalue weighted by atomic mass is 9.97. The fraction of sp³-hybridized carbons (Fsp3) is 0.750. The van der Waals surface area contributed by atoms with Crippen LogP contribution >= 0.6 is 0 Å². The van der Waals surface area contributed by atoms with Crippen LogP contribution in [0.5, 0.6) is 0 Å². The van der Waals surface area contributed by atoms with Gasteiger partial charge in [0, 0.05) is 0 Å². The van der Waals surface area contributed by atoms with E-state index < -0.39 is 98.6 Å². The lowest BCUT2D eigenvalue weighted by molar-refractivity contribution is -0.320. The van der Waals surface area contributed by atoms with Crippen LogP contribution in [0.4, 0.5) is 0 Å². The first kappa shape index (κ1) is 29.6. The molecule has 0 spiro atoms. The van der Waals surface area contributed by atoms with E-state index in [2.05, 4.69) is 8.37 Å². The first-order chi connectivity index (χ1) is 15.8. The molecule has 8 atom stereocenters. The molecule has 20 nitrogen and oxygen atoms in total. The molecule has 0 radical (unpaired) electrons. The monoisotopic (exact) mass is 573 g/mol. The van der Waals surface area contributed by atoms with E-state index in [1.54, 1.807) is 0 Å². The van der Waals surface area contributed by atoms with Crippen LogP contribution in [0.25, 0.3) is 0 Å². The van der Waals surface area contributed by atoms with E-state index >= 15 is 0 Å². The molecule has 1 saturated heterocycles. The number of ether oxygens (including phenoxy) is 3. The molecule has 0 bridgehead atoms. The third-order valence-corrected chi connectivity index (χ3v) is 5.68. The molecule has 2 aliphatic rings. The Morgan fingerprint density at radius 3 is 2.11 bits per heavy atom. The molecule has 2 unspecified atom stereocenters. The van der Waals surface area contributed by atoms with Crippen LogP contribution < -0.4 is 9.83 Å². The maximum Gasteiger partial charge on any atom is 0.231 e. The van der Waals surface area contributed by atoms with Crippen molar-refractivity contribution in [3.63, 3.8) is 0 Å². The molecule has 1 fully saturated rings. The van der Waals surface area contributed by atoms with Gasteiger partial charge in [0.15, 0.2) is 22.7 Å². The number of hydrogen-bond acceptors (Lipinski definition) is 19. The minimum atomic E-state index is -5.64. The molecule has 0 aromatic heterocycles. The summed E-state index contributed by atoms with van der Waals surface area (Å²) in [6.07, 6.45) is -15.9. The third kappa shape index (κ3) is 8.79. The minimum absolute atomic E-state index is 0.335. The van der Waals surface area contributed by atoms with Gasteiger partial charge in [0.2, 0.25) is 27.1 Å². The number of carboxylic acid groups (broad SMARTS) is 1. The topological polar surface area (TPSA) is 331 Å². The average molecular weight is 573 g/mol. The highest BCUT2D eigenvalue weighted by Crippen LogP contribution is 2.30. The van der Waals surface area contributed by atoms with Gasteiger partial charge in [-0.25, -0.2) is 30.0 Å². The lowest BCUT2D eigenvalue weighted by Gasteiger charge is -2.45. The van der Waals surface area contributed by atoms with Gasteiger partial charge in [0.25, 0.3) is 0 Å². The molecule has 35 heavy (non-hydrogen) atoms. The van der Waals surface area contributed by atoms with Crippen LogP contribution in [-0.4, -0.2) is 116 Å². The summed E-state index contributed by atoms with van der Waals surface area (Å²) in [7, 11) is -16.5. The summed E-state index contributed by atoms with van der Waals surface area (Å²) < 4.78 is 122. The molecule has 0 saturated carbocycles. The molecule has 204 valence electrons. The Bertz CT molecular complexity index is 1130. The van der Waals surface area contributed by atoms with Gasteiger partial charge < -0.3 is 53.1 Å². The van der Waals surface area contributed by atoms with Crippen molar-refractivity contribution in [2.24, 2.45) is 0 Å². The Kier molecular flexibility index (Phi) is 9.15. The van der Waals surface area contributed by atoms with E-state index in [4.69, 9.17) is 14.2 Å². The summed E-state index contributed by atoms with van der Waals surface area (Å²) in [5.74, 6) is -3.31. The molecular weight excluding hydrogens is 558 g/mol. The maximum atomic E-state index is 11.1. The van der Waals surface area contributed by atoms with Crippen molar-refractivity contribution in [2.75, 3.05) is 6.61 Å². The van der Waals surface area contributed by atoms with E-state index in [0.717, 1.165) is 0 Å². The number of rotatable bonds is 10. The van der Waals surface area contributed by atoms with Gasteiger partial charge >= 0.3 is 0 Å². The molecule has 0 amide bonds. The molecule has 0 aromatic rings. The minimum Gasteiger partial charge on any atom is -0.735 e. The van der Waals surface area contributed by atoms with Crippen molar-refractivity contribution in [3.8, 4) is 0 Å². The SMILES string of the molecule is O=C([O-])C1=C[C@H](O)[C@@H](OS(=O)(=O)[O-])[C@H](OC2[C@@H](COS(=O)(=O)[O-])OC(O)[C@H](NS(=O)(=O)[O-])[C@H]2O)O1. The van der Waals surface area contributed by atoms with Gasteiger partial charge in [-0.15, -0.1) is 0 Å². The van der Waals surface area contributed by atoms with Crippen LogP contribution in [0, 0.1) is 0 Å². The van der Waals surface area contributed by atoms with Crippen molar-refractivity contribution >= 4 is 37.1 Å². The van der Waals surface area contributed by atoms with Crippen molar-refractivity contribution in [3.05, 3.63) is 11.8 Å². The third-order valence-electron chi connectivity index (χ3n) is 4.24. The Morgan fingerprint density at radius 2 is 1.63 bits per heavy atom. The molecule has 23 heteroatoms. The fourth-order valence-electron chi connectivity index (χ4n) is 2.94. The van der Waals surface area contributed by atoms with Crippen LogP contribution in [0.3, 0.4) is 0 Å². The highest BCUT2D eigenvalue weighted by Gasteiger charge is 2.50. The summed E-state index contributed by atoms with van der Waals surface area (Å²) in [6, 6.07) is -2.25. The molecular formula is C12H15NO19S3-4. The van der Waals surface area contributed by atoms with Crippen molar-refractivity contribution in [2.45, 2.75) is 49.1 Å². The van der Waals surface area contributed by atoms with Crippen LogP contribution in [0.2, 0.25) is 0 Å². The highest BCUT2D eigenvalue weighted by molar-refractivity contribution is 7.83. The zero-order chi connectivity index (χ0) is 26.9. The molecule has 4 N–H and O–H groups in total. The quantitative estimate of drug-likeness (QED) is 0.139. The van der Waals surface area contributed by atoms with Crippen molar-refractivity contribution < 1.29 is 86.7 Å². The summed E-state index contributed by atoms with van der Waals surface area (Å²) >= 11 is 0. The van der Waals surface area contributed by atoms with Gasteiger partial charge in [-0.1, -0.05) is 0 Å². The first-order valence-corrected chi connectivity index (χ1v) is 12.8. The Hall–Kier alpha value is -1.58. The molecule has 2 rings (SSSR count). The predicted octanol–water partition coefficient (Wildman–Crippen LogP) is -7.46. The van der Waals surface area contributed by atoms with E-state index in [-0.39, 0.29) is 0 Å². The van der Waals surface area contributed by atoms with Gasteiger partial charge in [-0.2, -0.15) is 0 Å². The van der Waals surface area contributed by atoms with Crippen LogP contribution in [-0.2, 0) is 58.5 Å². The predicted molar refractivity (Wildman–Crippen MR) is 92.6 cm³/mol. The summed E-state index contributed by atoms with van der Waals surface area (Å²) in [5, 5.41) is 41.4. The zero-order valence-electron chi connectivity index (χ0n) is 16.5. The van der Waals surface area contributed by atoms with E-state index in [9.17, 15) is 64.1 Å². The first-order valence-electron chi connectivity index (χ1n) is 8.70. The Balaban J connectivity index is 2.44. The standard InChI is InChI=1S/C12H19NO19S3/c14-3-1-4(10(16)17)30-12(8(3)32-35(25,26)27)31-9-5(2-28-34(22,23)24)29-11(18)6(7(9)15)13-33(19,20)21/h1,3,5-9,11-15,18H,2H2,(H,16,17)(H,19,20,21)(H,22,23,24)(H,25,26,27)/p-4/t3-,5+,6+,7+,8+,9?,11?,12-/m0/s1. The number of carboxylic acids is 1. The number of aliphatic hydroxyl groups excluding tert-OH is 3. The molecule has 0 aliphatic carbocycles. The number of aliphatic hydroxyl groups is 3. The molecule has 0 aromatic carbocycles. The van der Waals surface area contributed by atoms with E-state index in [1.807, 2.05) is 0 Å². The van der Waals surface area contributed by atoms with Crippen LogP contribution in [0.15, 0.2) is 11.8 Å². The maximum absolute atomic E-state index is 11.1. The van der Waals surface area contributed by atoms with Gasteiger partial charge in [-0.3, -0.25) is 8.37 Å². The number of nitrogens with one attached hydrogen (secondary N) is 1. The molecule has 2 aliphatic heterocycles. The van der Waals surface area contributed by atoms with E-state index in [0.29, 0.717) is 6.08 Å². The van der Waals surface area contributed by atoms with Gasteiger partial charge in [0.1, 0.15) is 42.2 Å². The highest BCUT2D eigenvalue weighted by atomic mass is 32.3. The largest absolute Gasteiger partial charge is 0.735 e. The normalized spacial score (nSPS) is 34.6. The lowest BCUT2D eigenvalue weighted by Crippen LogP contribution is -2.66. The second-order valence-electron chi connectivity index (χ2n) is 6.71. The number of carbonyl (C=O) groups is 1. The molecule has 2 heterocycles. The fourth-order valence-corrected chi connectivity index (χ4v) is 4.31. The van der Waals surface area contributed by atoms with Gasteiger partial charge in [-0.05, 0) is 6.08 Å². The second kappa shape index (κ2) is 10.8. The second-order valence-corrected chi connectivity index (χ2v) is 9.92. The summed E-state index contributed by atoms with van der Waals surface area (Å²) in [4.78, 5) is 11.1. The Labute approximate surface area is 196 Å². The number of hydrogen-bond donors (Lipinski definition) is 4. The summed E-state index contributed by atoms with van der Waals surface area (Å²) in [5.41, 5.74) is 0. The summed E-state index contributed by atoms with van der Waals surface area (Å²) in [6.45, 7) is -1.36. The van der Waals surface area contributed by atoms with Crippen molar-refractivity contribution in [1.29, 1.82) is 0 Å². The van der Waals surface area contributed by atoms with Crippen molar-refractivity contribution in [1.82, 2.24) is 4.72 Å². The number of carbonyl (C=O) groups excluding carboxylic acids is 1. The van der Waals surface area contributed by atoms with E-state index in [1.165, 1.54) is 4.72 Å². The Morgan fingerprint density at radius 1 is 1.03 bits per heavy atom. The zero-order valence-corrected chi connectivity index (χ0v) is 19.0. The average Bonchev–Trinajstić information content (AvgIpc) is 2.65. The number of aliphatic carboxylic acids is 1. The van der Waals surface area contributed by atoms with Crippen LogP contribution in [0.1, 0.15) is 0 Å². The van der Waals surface area contributed by atoms with Gasteiger partial charge in [0.05, 0.1) is 6.61 Å².